The summed E-state index contributed by atoms with van der Waals surface area (Å²) in [7, 11) is 1.40. The first-order valence-electron chi connectivity index (χ1n) is 7.86. The summed E-state index contributed by atoms with van der Waals surface area (Å²) in [5, 5.41) is 2.60. The monoisotopic (exact) mass is 344 g/mol. The van der Waals surface area contributed by atoms with Crippen molar-refractivity contribution in [3.63, 3.8) is 0 Å². The third-order valence-corrected chi connectivity index (χ3v) is 3.55. The van der Waals surface area contributed by atoms with Gasteiger partial charge < -0.3 is 10.2 Å². The molecule has 0 aliphatic heterocycles. The van der Waals surface area contributed by atoms with Crippen LogP contribution in [-0.4, -0.2) is 60.1 Å². The molecule has 7 heteroatoms. The minimum Gasteiger partial charge on any atom is -0.355 e. The standard InChI is InChI=1S/C18H22N3O4/c1-4-19-17(24)14(2)20(3)18(25)21(12-13-22)16(23)11-10-15-8-6-5-7-9-15/h5-11,14H,4,12H2,1-3H3,(H,19,24)/b11-10+. The zero-order valence-electron chi connectivity index (χ0n) is 14.6. The van der Waals surface area contributed by atoms with Crippen molar-refractivity contribution in [2.24, 2.45) is 0 Å². The maximum Gasteiger partial charge on any atom is 0.327 e. The number of carbonyl (C=O) groups excluding carboxylic acids is 4. The molecular formula is C18H22N3O4. The first-order chi connectivity index (χ1) is 11.9. The molecule has 1 radical (unpaired) electrons. The number of hydrogen-bond acceptors (Lipinski definition) is 4. The van der Waals surface area contributed by atoms with Crippen molar-refractivity contribution in [2.75, 3.05) is 20.1 Å². The molecule has 1 rings (SSSR count). The quantitative estimate of drug-likeness (QED) is 0.754. The second kappa shape index (κ2) is 10.0. The van der Waals surface area contributed by atoms with E-state index in [-0.39, 0.29) is 5.91 Å². The average Bonchev–Trinajstić information content (AvgIpc) is 2.63. The molecule has 0 bridgehead atoms. The molecular weight excluding hydrogens is 322 g/mol. The van der Waals surface area contributed by atoms with Crippen LogP contribution in [0.15, 0.2) is 36.4 Å². The minimum absolute atomic E-state index is 0.347. The summed E-state index contributed by atoms with van der Waals surface area (Å²) in [6, 6.07) is 7.53. The van der Waals surface area contributed by atoms with Gasteiger partial charge in [0.25, 0.3) is 5.91 Å². The predicted molar refractivity (Wildman–Crippen MR) is 94.2 cm³/mol. The van der Waals surface area contributed by atoms with Gasteiger partial charge in [0.2, 0.25) is 12.2 Å². The summed E-state index contributed by atoms with van der Waals surface area (Å²) in [6.45, 7) is 3.22. The second-order valence-electron chi connectivity index (χ2n) is 5.28. The van der Waals surface area contributed by atoms with E-state index in [0.717, 1.165) is 15.4 Å². The Hall–Kier alpha value is -2.96. The molecule has 1 N–H and O–H groups in total. The van der Waals surface area contributed by atoms with Crippen molar-refractivity contribution in [3.8, 4) is 0 Å². The molecule has 1 aromatic rings. The van der Waals surface area contributed by atoms with Crippen LogP contribution in [0.3, 0.4) is 0 Å². The number of benzene rings is 1. The lowest BCUT2D eigenvalue weighted by Crippen LogP contribution is -2.52. The zero-order chi connectivity index (χ0) is 18.8. The van der Waals surface area contributed by atoms with Gasteiger partial charge in [-0.3, -0.25) is 19.3 Å². The Kier molecular flexibility index (Phi) is 8.05. The molecule has 0 aliphatic carbocycles. The number of likely N-dealkylation sites (N-methyl/N-ethyl adjacent to an activating group) is 2. The van der Waals surface area contributed by atoms with Gasteiger partial charge in [-0.2, -0.15) is 0 Å². The maximum atomic E-state index is 12.5. The number of hydrogen-bond donors (Lipinski definition) is 1. The molecule has 0 heterocycles. The van der Waals surface area contributed by atoms with Crippen LogP contribution < -0.4 is 5.32 Å². The molecule has 7 nitrogen and oxygen atoms in total. The van der Waals surface area contributed by atoms with E-state index in [1.807, 2.05) is 18.2 Å². The molecule has 0 aromatic heterocycles. The van der Waals surface area contributed by atoms with Crippen molar-refractivity contribution in [2.45, 2.75) is 19.9 Å². The summed E-state index contributed by atoms with van der Waals surface area (Å²) in [4.78, 5) is 49.2. The lowest BCUT2D eigenvalue weighted by atomic mass is 10.2. The van der Waals surface area contributed by atoms with Gasteiger partial charge in [-0.1, -0.05) is 30.3 Å². The van der Waals surface area contributed by atoms with Crippen molar-refractivity contribution in [1.82, 2.24) is 15.1 Å². The van der Waals surface area contributed by atoms with Gasteiger partial charge in [-0.25, -0.2) is 4.79 Å². The Bertz CT molecular complexity index is 643. The molecule has 0 saturated carbocycles. The molecule has 0 saturated heterocycles. The van der Waals surface area contributed by atoms with E-state index >= 15 is 0 Å². The highest BCUT2D eigenvalue weighted by Gasteiger charge is 2.28. The SMILES string of the molecule is CCNC(=O)C(C)N(C)C(=O)N(C[C]=O)C(=O)/C=C/c1ccccc1. The molecule has 25 heavy (non-hydrogen) atoms. The third kappa shape index (κ3) is 5.87. The number of urea groups is 1. The van der Waals surface area contributed by atoms with Gasteiger partial charge in [0, 0.05) is 19.7 Å². The van der Waals surface area contributed by atoms with Crippen LogP contribution in [0, 0.1) is 0 Å². The number of carbonyl (C=O) groups is 3. The van der Waals surface area contributed by atoms with E-state index in [9.17, 15) is 19.2 Å². The molecule has 0 aliphatic rings. The van der Waals surface area contributed by atoms with E-state index in [1.54, 1.807) is 31.4 Å². The van der Waals surface area contributed by atoms with Crippen LogP contribution in [0.25, 0.3) is 6.08 Å². The fraction of sp³-hybridized carbons (Fsp3) is 0.333. The van der Waals surface area contributed by atoms with Gasteiger partial charge in [-0.15, -0.1) is 0 Å². The number of nitrogens with zero attached hydrogens (tertiary/aromatic N) is 2. The molecule has 0 spiro atoms. The molecule has 1 aromatic carbocycles. The van der Waals surface area contributed by atoms with Crippen molar-refractivity contribution >= 4 is 30.2 Å². The number of rotatable bonds is 7. The summed E-state index contributed by atoms with van der Waals surface area (Å²) in [5.74, 6) is -1.01. The summed E-state index contributed by atoms with van der Waals surface area (Å²) >= 11 is 0. The van der Waals surface area contributed by atoms with Crippen molar-refractivity contribution in [1.29, 1.82) is 0 Å². The van der Waals surface area contributed by atoms with Crippen LogP contribution in [-0.2, 0) is 14.4 Å². The van der Waals surface area contributed by atoms with Gasteiger partial charge in [0.05, 0.1) is 6.54 Å². The first kappa shape index (κ1) is 20.1. The molecule has 1 atom stereocenters. The average molecular weight is 344 g/mol. The predicted octanol–water partition coefficient (Wildman–Crippen LogP) is 1.21. The number of nitrogens with one attached hydrogen (secondary N) is 1. The van der Waals surface area contributed by atoms with Crippen LogP contribution in [0.1, 0.15) is 19.4 Å². The Labute approximate surface area is 147 Å². The fourth-order valence-corrected chi connectivity index (χ4v) is 1.98. The Morgan fingerprint density at radius 1 is 1.24 bits per heavy atom. The molecule has 133 valence electrons. The summed E-state index contributed by atoms with van der Waals surface area (Å²) < 4.78 is 0. The van der Waals surface area contributed by atoms with Gasteiger partial charge in [0.15, 0.2) is 0 Å². The number of imide groups is 1. The van der Waals surface area contributed by atoms with Gasteiger partial charge >= 0.3 is 6.03 Å². The molecule has 4 amide bonds. The number of amides is 4. The molecule has 1 unspecified atom stereocenters. The fourth-order valence-electron chi connectivity index (χ4n) is 1.98. The Morgan fingerprint density at radius 2 is 1.88 bits per heavy atom. The van der Waals surface area contributed by atoms with E-state index in [1.165, 1.54) is 20.0 Å². The minimum atomic E-state index is -0.785. The van der Waals surface area contributed by atoms with E-state index in [4.69, 9.17) is 0 Å². The Morgan fingerprint density at radius 3 is 2.44 bits per heavy atom. The third-order valence-electron chi connectivity index (χ3n) is 3.55. The second-order valence-corrected chi connectivity index (χ2v) is 5.28. The van der Waals surface area contributed by atoms with Gasteiger partial charge in [-0.05, 0) is 25.5 Å². The van der Waals surface area contributed by atoms with E-state index in [2.05, 4.69) is 5.32 Å². The Balaban J connectivity index is 2.88. The maximum absolute atomic E-state index is 12.5. The van der Waals surface area contributed by atoms with Crippen LogP contribution in [0.4, 0.5) is 4.79 Å². The van der Waals surface area contributed by atoms with Crippen molar-refractivity contribution < 1.29 is 19.2 Å². The molecule has 0 fully saturated rings. The normalized spacial score (nSPS) is 11.6. The van der Waals surface area contributed by atoms with Crippen LogP contribution >= 0.6 is 0 Å². The summed E-state index contributed by atoms with van der Waals surface area (Å²) in [6.07, 6.45) is 4.29. The lowest BCUT2D eigenvalue weighted by Gasteiger charge is -2.28. The zero-order valence-corrected chi connectivity index (χ0v) is 14.6. The topological polar surface area (TPSA) is 86.8 Å². The smallest absolute Gasteiger partial charge is 0.327 e. The first-order valence-corrected chi connectivity index (χ1v) is 7.86. The van der Waals surface area contributed by atoms with E-state index < -0.39 is 24.5 Å². The van der Waals surface area contributed by atoms with Gasteiger partial charge in [0.1, 0.15) is 6.04 Å². The van der Waals surface area contributed by atoms with Crippen LogP contribution in [0.2, 0.25) is 0 Å². The highest BCUT2D eigenvalue weighted by atomic mass is 16.2. The highest BCUT2D eigenvalue weighted by molar-refractivity contribution is 6.04. The highest BCUT2D eigenvalue weighted by Crippen LogP contribution is 2.06. The summed E-state index contributed by atoms with van der Waals surface area (Å²) in [5.41, 5.74) is 0.780. The van der Waals surface area contributed by atoms with Crippen molar-refractivity contribution in [3.05, 3.63) is 42.0 Å². The van der Waals surface area contributed by atoms with E-state index in [0.29, 0.717) is 6.54 Å². The lowest BCUT2D eigenvalue weighted by molar-refractivity contribution is -0.126. The van der Waals surface area contributed by atoms with Crippen LogP contribution in [0.5, 0.6) is 0 Å². The largest absolute Gasteiger partial charge is 0.355 e.